The molecular formula is C23H33ClN2O3S. The molecule has 1 aromatic rings. The van der Waals surface area contributed by atoms with Crippen molar-refractivity contribution in [2.75, 3.05) is 13.1 Å². The number of hydrogen-bond acceptors (Lipinski definition) is 3. The molecule has 2 heterocycles. The molecule has 0 N–H and O–H groups in total. The molecule has 1 aliphatic carbocycles. The van der Waals surface area contributed by atoms with Gasteiger partial charge in [0.1, 0.15) is 0 Å². The summed E-state index contributed by atoms with van der Waals surface area (Å²) in [4.78, 5) is 15.4. The highest BCUT2D eigenvalue weighted by Crippen LogP contribution is 2.57. The molecule has 3 fully saturated rings. The minimum atomic E-state index is -3.64. The van der Waals surface area contributed by atoms with Crippen LogP contribution < -0.4 is 0 Å². The molecule has 4 rings (SSSR count). The van der Waals surface area contributed by atoms with E-state index in [0.717, 1.165) is 64.5 Å². The molecule has 0 spiro atoms. The maximum absolute atomic E-state index is 13.7. The zero-order valence-electron chi connectivity index (χ0n) is 17.9. The Bertz CT molecular complexity index is 861. The maximum Gasteiger partial charge on any atom is 0.243 e. The average molecular weight is 453 g/mol. The van der Waals surface area contributed by atoms with Gasteiger partial charge in [-0.05, 0) is 81.0 Å². The highest BCUT2D eigenvalue weighted by atomic mass is 35.5. The lowest BCUT2D eigenvalue weighted by molar-refractivity contribution is -0.134. The van der Waals surface area contributed by atoms with Gasteiger partial charge < -0.3 is 4.90 Å². The molecule has 0 bridgehead atoms. The van der Waals surface area contributed by atoms with E-state index in [-0.39, 0.29) is 23.4 Å². The third-order valence-corrected chi connectivity index (χ3v) is 9.58. The minimum absolute atomic E-state index is 0.00742. The monoisotopic (exact) mass is 452 g/mol. The minimum Gasteiger partial charge on any atom is -0.343 e. The maximum atomic E-state index is 13.7. The van der Waals surface area contributed by atoms with Crippen LogP contribution in [0.1, 0.15) is 71.1 Å². The van der Waals surface area contributed by atoms with Crippen LogP contribution in [0.2, 0.25) is 5.02 Å². The topological polar surface area (TPSA) is 57.7 Å². The number of hydrogen-bond donors (Lipinski definition) is 0. The van der Waals surface area contributed by atoms with Crippen LogP contribution in [0, 0.1) is 5.41 Å². The van der Waals surface area contributed by atoms with E-state index < -0.39 is 10.0 Å². The fourth-order valence-corrected chi connectivity index (χ4v) is 7.61. The van der Waals surface area contributed by atoms with E-state index in [1.165, 1.54) is 6.42 Å². The predicted octanol–water partition coefficient (Wildman–Crippen LogP) is 4.84. The first kappa shape index (κ1) is 22.1. The fraction of sp³-hybridized carbons (Fsp3) is 0.696. The third kappa shape index (κ3) is 4.28. The van der Waals surface area contributed by atoms with Crippen LogP contribution in [-0.2, 0) is 14.8 Å². The molecule has 2 saturated heterocycles. The lowest BCUT2D eigenvalue weighted by atomic mass is 9.83. The first-order chi connectivity index (χ1) is 14.4. The van der Waals surface area contributed by atoms with Gasteiger partial charge in [-0.15, -0.1) is 0 Å². The predicted molar refractivity (Wildman–Crippen MR) is 119 cm³/mol. The third-order valence-electron chi connectivity index (χ3n) is 7.35. The first-order valence-electron chi connectivity index (χ1n) is 11.4. The zero-order chi connectivity index (χ0) is 21.4. The van der Waals surface area contributed by atoms with Crippen LogP contribution in [0.5, 0.6) is 0 Å². The number of sulfonamides is 1. The van der Waals surface area contributed by atoms with Gasteiger partial charge in [0.25, 0.3) is 0 Å². The van der Waals surface area contributed by atoms with E-state index in [0.29, 0.717) is 16.3 Å². The van der Waals surface area contributed by atoms with Crippen LogP contribution in [-0.4, -0.2) is 48.7 Å². The van der Waals surface area contributed by atoms with E-state index >= 15 is 0 Å². The van der Waals surface area contributed by atoms with Gasteiger partial charge in [-0.1, -0.05) is 24.9 Å². The first-order valence-corrected chi connectivity index (χ1v) is 13.3. The van der Waals surface area contributed by atoms with Gasteiger partial charge in [-0.3, -0.25) is 4.79 Å². The number of carbonyl (C=O) groups excluding carboxylic acids is 1. The van der Waals surface area contributed by atoms with E-state index in [4.69, 9.17) is 11.6 Å². The Kier molecular flexibility index (Phi) is 6.48. The van der Waals surface area contributed by atoms with E-state index in [1.54, 1.807) is 28.6 Å². The van der Waals surface area contributed by atoms with Gasteiger partial charge in [-0.25, -0.2) is 8.42 Å². The van der Waals surface area contributed by atoms with Gasteiger partial charge >= 0.3 is 0 Å². The van der Waals surface area contributed by atoms with Crippen molar-refractivity contribution in [3.05, 3.63) is 29.3 Å². The highest BCUT2D eigenvalue weighted by Gasteiger charge is 2.57. The van der Waals surface area contributed by atoms with Crippen molar-refractivity contribution in [1.29, 1.82) is 0 Å². The molecule has 30 heavy (non-hydrogen) atoms. The second kappa shape index (κ2) is 8.79. The zero-order valence-corrected chi connectivity index (χ0v) is 19.4. The van der Waals surface area contributed by atoms with Crippen molar-refractivity contribution in [3.8, 4) is 0 Å². The van der Waals surface area contributed by atoms with Gasteiger partial charge in [0.15, 0.2) is 0 Å². The normalized spacial score (nSPS) is 27.1. The Morgan fingerprint density at radius 1 is 1.07 bits per heavy atom. The Labute approximate surface area is 185 Å². The van der Waals surface area contributed by atoms with Crippen molar-refractivity contribution >= 4 is 27.5 Å². The summed E-state index contributed by atoms with van der Waals surface area (Å²) in [6.07, 6.45) is 9.28. The molecule has 1 aromatic carbocycles. The molecule has 0 aromatic heterocycles. The molecule has 2 atom stereocenters. The summed E-state index contributed by atoms with van der Waals surface area (Å²) < 4.78 is 29.2. The molecular weight excluding hydrogens is 420 g/mol. The van der Waals surface area contributed by atoms with Crippen molar-refractivity contribution in [2.45, 2.75) is 88.1 Å². The van der Waals surface area contributed by atoms with Crippen LogP contribution in [0.3, 0.4) is 0 Å². The highest BCUT2D eigenvalue weighted by molar-refractivity contribution is 7.89. The lowest BCUT2D eigenvalue weighted by Crippen LogP contribution is -2.54. The number of nitrogens with zero attached hydrogens (tertiary/aromatic N) is 2. The van der Waals surface area contributed by atoms with Gasteiger partial charge in [0, 0.05) is 36.6 Å². The number of amides is 1. The van der Waals surface area contributed by atoms with Gasteiger partial charge in [-0.2, -0.15) is 4.31 Å². The second-order valence-corrected chi connectivity index (χ2v) is 11.6. The molecule has 2 aliphatic heterocycles. The number of likely N-dealkylation sites (tertiary alicyclic amines) is 1. The van der Waals surface area contributed by atoms with Crippen molar-refractivity contribution in [3.63, 3.8) is 0 Å². The summed E-state index contributed by atoms with van der Waals surface area (Å²) in [5, 5.41) is 0.530. The SMILES string of the molecule is CC[C@H]1CCC[C@@H](C2(CC(=O)N3CCCCC3)CC2)N1S(=O)(=O)c1ccc(Cl)cc1. The summed E-state index contributed by atoms with van der Waals surface area (Å²) in [5.74, 6) is 0.217. The van der Waals surface area contributed by atoms with E-state index in [1.807, 2.05) is 4.90 Å². The average Bonchev–Trinajstić information content (AvgIpc) is 3.54. The van der Waals surface area contributed by atoms with Crippen molar-refractivity contribution in [1.82, 2.24) is 9.21 Å². The quantitative estimate of drug-likeness (QED) is 0.620. The Hall–Kier alpha value is -1.11. The van der Waals surface area contributed by atoms with Crippen LogP contribution in [0.25, 0.3) is 0 Å². The summed E-state index contributed by atoms with van der Waals surface area (Å²) in [5.41, 5.74) is -0.193. The molecule has 5 nitrogen and oxygen atoms in total. The smallest absolute Gasteiger partial charge is 0.243 e. The fourth-order valence-electron chi connectivity index (χ4n) is 5.45. The molecule has 166 valence electrons. The molecule has 0 unspecified atom stereocenters. The lowest BCUT2D eigenvalue weighted by Gasteiger charge is -2.45. The number of carbonyl (C=O) groups is 1. The van der Waals surface area contributed by atoms with Crippen molar-refractivity contribution in [2.24, 2.45) is 5.41 Å². The Balaban J connectivity index is 1.61. The summed E-state index contributed by atoms with van der Waals surface area (Å²) in [7, 11) is -3.64. The number of benzene rings is 1. The van der Waals surface area contributed by atoms with E-state index in [9.17, 15) is 13.2 Å². The van der Waals surface area contributed by atoms with E-state index in [2.05, 4.69) is 6.92 Å². The molecule has 1 amide bonds. The molecule has 3 aliphatic rings. The largest absolute Gasteiger partial charge is 0.343 e. The summed E-state index contributed by atoms with van der Waals surface area (Å²) in [6.45, 7) is 3.77. The second-order valence-electron chi connectivity index (χ2n) is 9.28. The standard InChI is InChI=1S/C23H33ClN2O3S/c1-2-19-7-6-8-21(26(19)30(28,29)20-11-9-18(24)10-12-20)23(13-14-23)17-22(27)25-15-4-3-5-16-25/h9-12,19,21H,2-8,13-17H2,1H3/t19-,21-/m0/s1. The van der Waals surface area contributed by atoms with Gasteiger partial charge in [0.2, 0.25) is 15.9 Å². The Morgan fingerprint density at radius 2 is 1.73 bits per heavy atom. The number of piperidine rings is 2. The molecule has 7 heteroatoms. The van der Waals surface area contributed by atoms with Crippen LogP contribution >= 0.6 is 11.6 Å². The van der Waals surface area contributed by atoms with Crippen molar-refractivity contribution < 1.29 is 13.2 Å². The van der Waals surface area contributed by atoms with Gasteiger partial charge in [0.05, 0.1) is 4.90 Å². The summed E-state index contributed by atoms with van der Waals surface area (Å²) >= 11 is 6.00. The molecule has 0 radical (unpaired) electrons. The number of rotatable bonds is 6. The van der Waals surface area contributed by atoms with Crippen LogP contribution in [0.15, 0.2) is 29.2 Å². The van der Waals surface area contributed by atoms with Crippen LogP contribution in [0.4, 0.5) is 0 Å². The molecule has 1 saturated carbocycles. The Morgan fingerprint density at radius 3 is 2.33 bits per heavy atom. The number of halogens is 1. The summed E-state index contributed by atoms with van der Waals surface area (Å²) in [6, 6.07) is 6.39.